The summed E-state index contributed by atoms with van der Waals surface area (Å²) in [4.78, 5) is 15.9. The number of quaternary nitrogens is 1. The quantitative estimate of drug-likeness (QED) is 0.183. The van der Waals surface area contributed by atoms with Crippen LogP contribution in [0.25, 0.3) is 22.7 Å². The van der Waals surface area contributed by atoms with Gasteiger partial charge in [0.1, 0.15) is 36.1 Å². The van der Waals surface area contributed by atoms with Crippen LogP contribution < -0.4 is 9.80 Å². The average molecular weight is 568 g/mol. The highest BCUT2D eigenvalue weighted by Gasteiger charge is 2.19. The van der Waals surface area contributed by atoms with Gasteiger partial charge in [0.25, 0.3) is 0 Å². The number of ether oxygens (including phenoxy) is 1. The van der Waals surface area contributed by atoms with E-state index in [1.165, 1.54) is 0 Å². The lowest BCUT2D eigenvalue weighted by atomic mass is 10.0. The Kier molecular flexibility index (Phi) is 9.11. The number of aromatic nitrogens is 2. The van der Waals surface area contributed by atoms with E-state index in [9.17, 15) is 15.1 Å². The second-order valence-electron chi connectivity index (χ2n) is 10.1. The average Bonchev–Trinajstić information content (AvgIpc) is 3.55. The molecule has 0 radical (unpaired) electrons. The molecule has 2 heterocycles. The molecule has 0 aliphatic rings. The normalized spacial score (nSPS) is 11.9. The van der Waals surface area contributed by atoms with Crippen LogP contribution in [0.15, 0.2) is 87.8 Å². The molecule has 5 aromatic rings. The van der Waals surface area contributed by atoms with Gasteiger partial charge < -0.3 is 29.1 Å². The van der Waals surface area contributed by atoms with Crippen LogP contribution in [-0.2, 0) is 30.7 Å². The number of hydrogen-bond donors (Lipinski definition) is 2. The highest BCUT2D eigenvalue weighted by molar-refractivity contribution is 5.67. The third kappa shape index (κ3) is 7.12. The Morgan fingerprint density at radius 2 is 1.62 bits per heavy atom. The number of carboxylic acid groups (broad SMARTS) is 1. The lowest BCUT2D eigenvalue weighted by Crippen LogP contribution is -3.04. The molecule has 0 fully saturated rings. The first-order valence-corrected chi connectivity index (χ1v) is 13.9. The summed E-state index contributed by atoms with van der Waals surface area (Å²) in [6.45, 7) is 4.33. The fraction of sp³-hybridized carbons (Fsp3) is 0.242. The summed E-state index contributed by atoms with van der Waals surface area (Å²) < 4.78 is 17.3. The van der Waals surface area contributed by atoms with Gasteiger partial charge in [-0.2, -0.15) is 0 Å². The van der Waals surface area contributed by atoms with Crippen LogP contribution in [0.4, 0.5) is 0 Å². The van der Waals surface area contributed by atoms with E-state index >= 15 is 0 Å². The maximum atomic E-state index is 13.3. The molecule has 42 heavy (non-hydrogen) atoms. The molecule has 3 aromatic carbocycles. The van der Waals surface area contributed by atoms with Crippen LogP contribution in [0.2, 0.25) is 0 Å². The van der Waals surface area contributed by atoms with Crippen molar-refractivity contribution >= 4 is 5.97 Å². The molecule has 1 atom stereocenters. The van der Waals surface area contributed by atoms with Crippen molar-refractivity contribution in [3.05, 3.63) is 118 Å². The zero-order valence-corrected chi connectivity index (χ0v) is 23.6. The van der Waals surface area contributed by atoms with Gasteiger partial charge in [-0.15, -0.1) is 0 Å². The van der Waals surface area contributed by atoms with E-state index in [0.29, 0.717) is 42.5 Å². The number of hydrogen-bond acceptors (Lipinski definition) is 7. The van der Waals surface area contributed by atoms with Crippen molar-refractivity contribution in [1.29, 1.82) is 0 Å². The Morgan fingerprint density at radius 3 is 2.33 bits per heavy atom. The highest BCUT2D eigenvalue weighted by atomic mass is 16.5. The number of nitrogens with zero attached hydrogens (tertiary/aromatic N) is 2. The number of rotatable bonds is 13. The predicted molar refractivity (Wildman–Crippen MR) is 157 cm³/mol. The standard InChI is InChI=1S/C33H33N3O6/c1-22-29(32(35-42-22)25-9-5-3-6-10-25)21-36(39)20-27-19-28(15-13-24(27)14-16-31(37)38)40-18-17-30-23(2)41-33(34-30)26-11-7-4-8-12-26/h3-13,15,19,36H,14,16-18,20-21H2,1-2H3,(H,37,38). The summed E-state index contributed by atoms with van der Waals surface area (Å²) in [7, 11) is 0. The largest absolute Gasteiger partial charge is 0.634 e. The van der Waals surface area contributed by atoms with Crippen LogP contribution in [-0.4, -0.2) is 27.8 Å². The van der Waals surface area contributed by atoms with Gasteiger partial charge in [0, 0.05) is 29.5 Å². The number of benzene rings is 3. The number of nitrogens with one attached hydrogen (secondary N) is 1. The number of carboxylic acids is 1. The molecule has 0 aliphatic heterocycles. The molecule has 0 amide bonds. The molecule has 216 valence electrons. The van der Waals surface area contributed by atoms with Crippen molar-refractivity contribution in [1.82, 2.24) is 10.1 Å². The lowest BCUT2D eigenvalue weighted by molar-refractivity contribution is -0.876. The SMILES string of the molecule is Cc1oc(-c2ccccc2)nc1CCOc1ccc(CCC(=O)O)c(C[NH+]([O-])Cc2c(-c3ccccc3)noc2C)c1. The summed E-state index contributed by atoms with van der Waals surface area (Å²) >= 11 is 0. The van der Waals surface area contributed by atoms with Gasteiger partial charge in [-0.05, 0) is 50.1 Å². The minimum absolute atomic E-state index is 0.0283. The smallest absolute Gasteiger partial charge is 0.303 e. The van der Waals surface area contributed by atoms with E-state index < -0.39 is 5.97 Å². The Labute approximate surface area is 244 Å². The van der Waals surface area contributed by atoms with Crippen LogP contribution in [0, 0.1) is 19.1 Å². The van der Waals surface area contributed by atoms with Crippen LogP contribution in [0.1, 0.15) is 40.3 Å². The Morgan fingerprint density at radius 1 is 0.905 bits per heavy atom. The number of oxazole rings is 1. The van der Waals surface area contributed by atoms with Crippen molar-refractivity contribution in [3.63, 3.8) is 0 Å². The van der Waals surface area contributed by atoms with Crippen molar-refractivity contribution in [2.24, 2.45) is 0 Å². The minimum atomic E-state index is -0.891. The number of carbonyl (C=O) groups is 1. The fourth-order valence-corrected chi connectivity index (χ4v) is 4.87. The summed E-state index contributed by atoms with van der Waals surface area (Å²) in [5, 5.41) is 26.7. The molecule has 9 heteroatoms. The summed E-state index contributed by atoms with van der Waals surface area (Å²) in [6, 6.07) is 24.8. The van der Waals surface area contributed by atoms with E-state index in [4.69, 9.17) is 13.7 Å². The van der Waals surface area contributed by atoms with Crippen molar-refractivity contribution in [3.8, 4) is 28.5 Å². The van der Waals surface area contributed by atoms with Crippen molar-refractivity contribution in [2.75, 3.05) is 6.61 Å². The van der Waals surface area contributed by atoms with Gasteiger partial charge in [-0.25, -0.2) is 4.98 Å². The summed E-state index contributed by atoms with van der Waals surface area (Å²) in [5.41, 5.74) is 5.58. The fourth-order valence-electron chi connectivity index (χ4n) is 4.87. The first-order chi connectivity index (χ1) is 20.4. The Hall–Kier alpha value is -4.73. The molecule has 0 bridgehead atoms. The van der Waals surface area contributed by atoms with E-state index in [0.717, 1.165) is 39.3 Å². The molecule has 0 spiro atoms. The zero-order chi connectivity index (χ0) is 29.5. The second-order valence-corrected chi connectivity index (χ2v) is 10.1. The molecule has 0 saturated heterocycles. The third-order valence-electron chi connectivity index (χ3n) is 7.10. The third-order valence-corrected chi connectivity index (χ3v) is 7.10. The highest BCUT2D eigenvalue weighted by Crippen LogP contribution is 2.25. The lowest BCUT2D eigenvalue weighted by Gasteiger charge is -2.24. The molecule has 5 rings (SSSR count). The summed E-state index contributed by atoms with van der Waals surface area (Å²) in [6.07, 6.45) is 0.839. The zero-order valence-electron chi connectivity index (χ0n) is 23.6. The Bertz CT molecular complexity index is 1630. The topological polar surface area (TPSA) is 126 Å². The number of aryl methyl sites for hydroxylation is 3. The maximum Gasteiger partial charge on any atom is 0.303 e. The molecule has 2 N–H and O–H groups in total. The summed E-state index contributed by atoms with van der Waals surface area (Å²) in [5.74, 6) is 1.63. The van der Waals surface area contributed by atoms with E-state index in [-0.39, 0.29) is 24.6 Å². The van der Waals surface area contributed by atoms with Crippen LogP contribution in [0.5, 0.6) is 5.75 Å². The van der Waals surface area contributed by atoms with Crippen molar-refractivity contribution < 1.29 is 28.6 Å². The van der Waals surface area contributed by atoms with Gasteiger partial charge >= 0.3 is 5.97 Å². The molecule has 0 aliphatic carbocycles. The first kappa shape index (κ1) is 28.8. The number of aliphatic carboxylic acids is 1. The van der Waals surface area contributed by atoms with E-state index in [1.54, 1.807) is 6.92 Å². The number of hydroxylamine groups is 2. The van der Waals surface area contributed by atoms with Crippen LogP contribution >= 0.6 is 0 Å². The van der Waals surface area contributed by atoms with Gasteiger partial charge in [0.05, 0.1) is 17.9 Å². The molecular formula is C33H33N3O6. The Balaban J connectivity index is 1.28. The van der Waals surface area contributed by atoms with Crippen molar-refractivity contribution in [2.45, 2.75) is 46.2 Å². The van der Waals surface area contributed by atoms with Gasteiger partial charge in [0.15, 0.2) is 0 Å². The van der Waals surface area contributed by atoms with Gasteiger partial charge in [-0.1, -0.05) is 59.8 Å². The molecular weight excluding hydrogens is 534 g/mol. The molecule has 2 aromatic heterocycles. The first-order valence-electron chi connectivity index (χ1n) is 13.9. The molecule has 9 nitrogen and oxygen atoms in total. The van der Waals surface area contributed by atoms with Gasteiger partial charge in [0.2, 0.25) is 5.89 Å². The molecule has 0 saturated carbocycles. The predicted octanol–water partition coefficient (Wildman–Crippen LogP) is 5.34. The monoisotopic (exact) mass is 567 g/mol. The maximum absolute atomic E-state index is 13.3. The minimum Gasteiger partial charge on any atom is -0.634 e. The molecule has 1 unspecified atom stereocenters. The van der Waals surface area contributed by atoms with Crippen LogP contribution in [0.3, 0.4) is 0 Å². The van der Waals surface area contributed by atoms with E-state index in [2.05, 4.69) is 10.1 Å². The van der Waals surface area contributed by atoms with Gasteiger partial charge in [-0.3, -0.25) is 4.79 Å². The second kappa shape index (κ2) is 13.3. The van der Waals surface area contributed by atoms with E-state index in [1.807, 2.05) is 85.8 Å².